The lowest BCUT2D eigenvalue weighted by Gasteiger charge is -2.19. The molecule has 18 heavy (non-hydrogen) atoms. The highest BCUT2D eigenvalue weighted by Crippen LogP contribution is 2.41. The van der Waals surface area contributed by atoms with Crippen LogP contribution in [0.5, 0.6) is 5.75 Å². The number of hydrogen-bond acceptors (Lipinski definition) is 2. The molecule has 2 N–H and O–H groups in total. The molecule has 0 aromatic heterocycles. The van der Waals surface area contributed by atoms with Gasteiger partial charge in [-0.3, -0.25) is 0 Å². The smallest absolute Gasteiger partial charge is 0.416 e. The predicted molar refractivity (Wildman–Crippen MR) is 62.3 cm³/mol. The Morgan fingerprint density at radius 1 is 1.39 bits per heavy atom. The van der Waals surface area contributed by atoms with Gasteiger partial charge in [0.15, 0.2) is 0 Å². The summed E-state index contributed by atoms with van der Waals surface area (Å²) in [6.07, 6.45) is -1.63. The van der Waals surface area contributed by atoms with Crippen LogP contribution in [0.25, 0.3) is 0 Å². The second-order valence-corrected chi connectivity index (χ2v) is 4.74. The molecule has 0 bridgehead atoms. The molecular weight excluding hydrogens is 243 g/mol. The van der Waals surface area contributed by atoms with E-state index < -0.39 is 17.8 Å². The maximum absolute atomic E-state index is 13.0. The summed E-state index contributed by atoms with van der Waals surface area (Å²) in [7, 11) is 1.35. The van der Waals surface area contributed by atoms with E-state index in [0.29, 0.717) is 12.3 Å². The average molecular weight is 259 g/mol. The van der Waals surface area contributed by atoms with Gasteiger partial charge in [-0.1, -0.05) is 18.9 Å². The number of alkyl halides is 3. The fourth-order valence-electron chi connectivity index (χ4n) is 2.07. The molecule has 100 valence electrons. The van der Waals surface area contributed by atoms with Crippen molar-refractivity contribution < 1.29 is 17.9 Å². The quantitative estimate of drug-likeness (QED) is 0.898. The third-order valence-corrected chi connectivity index (χ3v) is 3.25. The fraction of sp³-hybridized carbons (Fsp3) is 0.538. The molecule has 1 saturated carbocycles. The van der Waals surface area contributed by atoms with Crippen molar-refractivity contribution in [1.82, 2.24) is 0 Å². The Balaban J connectivity index is 2.31. The average Bonchev–Trinajstić information content (AvgIpc) is 3.11. The largest absolute Gasteiger partial charge is 0.497 e. The van der Waals surface area contributed by atoms with E-state index in [2.05, 4.69) is 0 Å². The Kier molecular flexibility index (Phi) is 3.52. The van der Waals surface area contributed by atoms with Crippen LogP contribution in [0.3, 0.4) is 0 Å². The van der Waals surface area contributed by atoms with Crippen LogP contribution in [0, 0.1) is 5.92 Å². The highest BCUT2D eigenvalue weighted by molar-refractivity contribution is 5.39. The van der Waals surface area contributed by atoms with Gasteiger partial charge in [0.2, 0.25) is 0 Å². The molecule has 2 rings (SSSR count). The van der Waals surface area contributed by atoms with Gasteiger partial charge in [-0.05, 0) is 30.0 Å². The zero-order valence-electron chi connectivity index (χ0n) is 10.1. The van der Waals surface area contributed by atoms with Crippen LogP contribution in [-0.2, 0) is 6.18 Å². The third-order valence-electron chi connectivity index (χ3n) is 3.25. The summed E-state index contributed by atoms with van der Waals surface area (Å²) >= 11 is 0. The van der Waals surface area contributed by atoms with Crippen LogP contribution >= 0.6 is 0 Å². The Morgan fingerprint density at radius 2 is 2.06 bits per heavy atom. The van der Waals surface area contributed by atoms with Crippen molar-refractivity contribution in [3.8, 4) is 5.75 Å². The second kappa shape index (κ2) is 4.80. The molecular formula is C13H16F3NO. The molecule has 5 heteroatoms. The van der Waals surface area contributed by atoms with Gasteiger partial charge in [0.25, 0.3) is 0 Å². The summed E-state index contributed by atoms with van der Waals surface area (Å²) < 4.78 is 43.7. The molecule has 2 nitrogen and oxygen atoms in total. The third kappa shape index (κ3) is 2.96. The Labute approximate surface area is 104 Å². The van der Waals surface area contributed by atoms with Crippen molar-refractivity contribution in [2.75, 3.05) is 7.11 Å². The van der Waals surface area contributed by atoms with Gasteiger partial charge in [-0.15, -0.1) is 0 Å². The van der Waals surface area contributed by atoms with Crippen LogP contribution in [0.1, 0.15) is 36.4 Å². The first kappa shape index (κ1) is 13.2. The van der Waals surface area contributed by atoms with Crippen molar-refractivity contribution in [2.24, 2.45) is 11.7 Å². The van der Waals surface area contributed by atoms with Crippen LogP contribution in [0.4, 0.5) is 13.2 Å². The number of ether oxygens (including phenoxy) is 1. The Bertz CT molecular complexity index is 427. The summed E-state index contributed by atoms with van der Waals surface area (Å²) in [6, 6.07) is 3.41. The van der Waals surface area contributed by atoms with Gasteiger partial charge in [0, 0.05) is 6.04 Å². The molecule has 1 aromatic rings. The second-order valence-electron chi connectivity index (χ2n) is 4.74. The summed E-state index contributed by atoms with van der Waals surface area (Å²) in [5.74, 6) is 0.688. The lowest BCUT2D eigenvalue weighted by atomic mass is 9.96. The predicted octanol–water partition coefficient (Wildman–Crippen LogP) is 3.51. The van der Waals surface area contributed by atoms with Gasteiger partial charge in [-0.25, -0.2) is 0 Å². The topological polar surface area (TPSA) is 35.2 Å². The van der Waals surface area contributed by atoms with Gasteiger partial charge in [-0.2, -0.15) is 13.2 Å². The van der Waals surface area contributed by atoms with Crippen molar-refractivity contribution in [3.05, 3.63) is 29.3 Å². The maximum Gasteiger partial charge on any atom is 0.416 e. The SMILES string of the molecule is COc1ccc([C@@H](N)CC2CC2)c(C(F)(F)F)c1. The standard InChI is InChI=1S/C13H16F3NO/c1-18-9-4-5-10(11(7-9)13(14,15)16)12(17)6-8-2-3-8/h4-5,7-8,12H,2-3,6,17H2,1H3/t12-/m0/s1. The van der Waals surface area contributed by atoms with E-state index in [1.807, 2.05) is 0 Å². The van der Waals surface area contributed by atoms with Crippen LogP contribution in [0.15, 0.2) is 18.2 Å². The molecule has 0 heterocycles. The number of benzene rings is 1. The van der Waals surface area contributed by atoms with Crippen molar-refractivity contribution in [2.45, 2.75) is 31.5 Å². The fourth-order valence-corrected chi connectivity index (χ4v) is 2.07. The summed E-state index contributed by atoms with van der Waals surface area (Å²) in [5, 5.41) is 0. The Morgan fingerprint density at radius 3 is 2.56 bits per heavy atom. The normalized spacial score (nSPS) is 17.6. The minimum absolute atomic E-state index is 0.162. The van der Waals surface area contributed by atoms with E-state index >= 15 is 0 Å². The van der Waals surface area contributed by atoms with E-state index in [1.165, 1.54) is 19.2 Å². The zero-order valence-corrected chi connectivity index (χ0v) is 10.1. The molecule has 1 aliphatic carbocycles. The lowest BCUT2D eigenvalue weighted by molar-refractivity contribution is -0.138. The summed E-state index contributed by atoms with van der Waals surface area (Å²) in [5.41, 5.74) is 5.36. The van der Waals surface area contributed by atoms with E-state index in [0.717, 1.165) is 18.9 Å². The van der Waals surface area contributed by atoms with Crippen LogP contribution < -0.4 is 10.5 Å². The van der Waals surface area contributed by atoms with Gasteiger partial charge < -0.3 is 10.5 Å². The van der Waals surface area contributed by atoms with E-state index in [1.54, 1.807) is 0 Å². The molecule has 0 saturated heterocycles. The van der Waals surface area contributed by atoms with Crippen molar-refractivity contribution >= 4 is 0 Å². The number of nitrogens with two attached hydrogens (primary N) is 1. The van der Waals surface area contributed by atoms with E-state index in [-0.39, 0.29) is 11.3 Å². The molecule has 1 aliphatic rings. The molecule has 0 unspecified atom stereocenters. The first-order valence-corrected chi connectivity index (χ1v) is 5.92. The van der Waals surface area contributed by atoms with Gasteiger partial charge in [0.1, 0.15) is 5.75 Å². The Hall–Kier alpha value is -1.23. The number of hydrogen-bond donors (Lipinski definition) is 1. The minimum Gasteiger partial charge on any atom is -0.497 e. The zero-order chi connectivity index (χ0) is 13.3. The van der Waals surface area contributed by atoms with Crippen LogP contribution in [-0.4, -0.2) is 7.11 Å². The van der Waals surface area contributed by atoms with Crippen molar-refractivity contribution in [1.29, 1.82) is 0 Å². The van der Waals surface area contributed by atoms with E-state index in [4.69, 9.17) is 10.5 Å². The first-order chi connectivity index (χ1) is 8.41. The first-order valence-electron chi connectivity index (χ1n) is 5.92. The van der Waals surface area contributed by atoms with Crippen LogP contribution in [0.2, 0.25) is 0 Å². The molecule has 0 radical (unpaired) electrons. The molecule has 1 atom stereocenters. The number of rotatable bonds is 4. The molecule has 1 aromatic carbocycles. The summed E-state index contributed by atoms with van der Waals surface area (Å²) in [6.45, 7) is 0. The number of halogens is 3. The summed E-state index contributed by atoms with van der Waals surface area (Å²) in [4.78, 5) is 0. The maximum atomic E-state index is 13.0. The van der Waals surface area contributed by atoms with Crippen molar-refractivity contribution in [3.63, 3.8) is 0 Å². The molecule has 0 spiro atoms. The molecule has 1 fully saturated rings. The minimum atomic E-state index is -4.40. The lowest BCUT2D eigenvalue weighted by Crippen LogP contribution is -2.18. The van der Waals surface area contributed by atoms with Gasteiger partial charge >= 0.3 is 6.18 Å². The van der Waals surface area contributed by atoms with E-state index in [9.17, 15) is 13.2 Å². The molecule has 0 amide bonds. The van der Waals surface area contributed by atoms with Gasteiger partial charge in [0.05, 0.1) is 12.7 Å². The molecule has 0 aliphatic heterocycles. The highest BCUT2D eigenvalue weighted by Gasteiger charge is 2.36. The highest BCUT2D eigenvalue weighted by atomic mass is 19.4. The number of methoxy groups -OCH3 is 1. The monoisotopic (exact) mass is 259 g/mol.